The number of hydrogen-bond acceptors (Lipinski definition) is 3. The van der Waals surface area contributed by atoms with E-state index in [0.717, 1.165) is 57.2 Å². The number of amides is 1. The fraction of sp³-hybridized carbons (Fsp3) is 0.684. The summed E-state index contributed by atoms with van der Waals surface area (Å²) in [4.78, 5) is 16.6. The molecule has 7 heteroatoms. The lowest BCUT2D eigenvalue weighted by molar-refractivity contribution is 0.128. The quantitative estimate of drug-likeness (QED) is 0.796. The average Bonchev–Trinajstić information content (AvgIpc) is 2.63. The lowest BCUT2D eigenvalue weighted by Gasteiger charge is -2.32. The van der Waals surface area contributed by atoms with Gasteiger partial charge < -0.3 is 15.3 Å². The monoisotopic (exact) mass is 383 g/mol. The van der Waals surface area contributed by atoms with Gasteiger partial charge in [-0.05, 0) is 63.5 Å². The highest BCUT2D eigenvalue weighted by Crippen LogP contribution is 2.38. The first-order valence-electron chi connectivity index (χ1n) is 9.55. The summed E-state index contributed by atoms with van der Waals surface area (Å²) in [5.41, 5.74) is 0.842. The number of nitrogens with one attached hydrogen (secondary N) is 1. The summed E-state index contributed by atoms with van der Waals surface area (Å²) in [6.45, 7) is 2.25. The molecular formula is C19H27ClFN3O2. The average molecular weight is 384 g/mol. The largest absolute Gasteiger partial charge is 0.465 e. The predicted molar refractivity (Wildman–Crippen MR) is 99.1 cm³/mol. The molecule has 5 nitrogen and oxygen atoms in total. The van der Waals surface area contributed by atoms with Crippen molar-refractivity contribution in [2.75, 3.05) is 19.6 Å². The maximum absolute atomic E-state index is 13.1. The molecule has 2 heterocycles. The number of halogens is 2. The Kier molecular flexibility index (Phi) is 6.70. The minimum Gasteiger partial charge on any atom is -0.465 e. The number of pyridine rings is 1. The molecule has 1 aromatic rings. The highest BCUT2D eigenvalue weighted by atomic mass is 35.5. The van der Waals surface area contributed by atoms with Crippen LogP contribution >= 0.6 is 11.6 Å². The van der Waals surface area contributed by atoms with Crippen molar-refractivity contribution >= 4 is 17.7 Å². The van der Waals surface area contributed by atoms with Crippen LogP contribution in [0.2, 0.25) is 5.02 Å². The first-order chi connectivity index (χ1) is 12.5. The van der Waals surface area contributed by atoms with Gasteiger partial charge in [0.25, 0.3) is 0 Å². The van der Waals surface area contributed by atoms with Gasteiger partial charge in [-0.25, -0.2) is 9.18 Å². The van der Waals surface area contributed by atoms with Crippen molar-refractivity contribution in [3.05, 3.63) is 28.8 Å². The number of likely N-dealkylation sites (tertiary alicyclic amines) is 1. The molecular weight excluding hydrogens is 357 g/mol. The number of carbonyl (C=O) groups is 1. The lowest BCUT2D eigenvalue weighted by atomic mass is 9.79. The predicted octanol–water partition coefficient (Wildman–Crippen LogP) is 4.27. The summed E-state index contributed by atoms with van der Waals surface area (Å²) < 4.78 is 13.1. The fourth-order valence-electron chi connectivity index (χ4n) is 4.22. The Labute approximate surface area is 158 Å². The minimum absolute atomic E-state index is 0.340. The summed E-state index contributed by atoms with van der Waals surface area (Å²) >= 11 is 6.15. The molecule has 1 aromatic heterocycles. The maximum Gasteiger partial charge on any atom is 0.407 e. The van der Waals surface area contributed by atoms with Crippen molar-refractivity contribution in [3.63, 3.8) is 0 Å². The van der Waals surface area contributed by atoms with Crippen molar-refractivity contribution in [2.24, 2.45) is 5.92 Å². The molecule has 1 amide bonds. The van der Waals surface area contributed by atoms with Gasteiger partial charge in [-0.1, -0.05) is 11.6 Å². The standard InChI is InChI=1S/C19H27ClFN3O2/c20-17-11-15(21)12-23-18(17)14-3-1-13(2-4-14)5-8-22-16-6-9-24(10-7-16)19(25)26/h11-14,16,22H,1-10H2,(H,25,26). The Morgan fingerprint density at radius 2 is 1.96 bits per heavy atom. The zero-order valence-corrected chi connectivity index (χ0v) is 15.7. The lowest BCUT2D eigenvalue weighted by Crippen LogP contribution is -2.44. The van der Waals surface area contributed by atoms with Crippen molar-refractivity contribution in [1.82, 2.24) is 15.2 Å². The van der Waals surface area contributed by atoms with E-state index >= 15 is 0 Å². The van der Waals surface area contributed by atoms with Crippen LogP contribution < -0.4 is 5.32 Å². The molecule has 1 aliphatic carbocycles. The number of hydrogen-bond donors (Lipinski definition) is 2. The van der Waals surface area contributed by atoms with Crippen LogP contribution in [0.25, 0.3) is 0 Å². The van der Waals surface area contributed by atoms with Crippen LogP contribution in [0.3, 0.4) is 0 Å². The molecule has 0 bridgehead atoms. The van der Waals surface area contributed by atoms with Crippen LogP contribution in [0.5, 0.6) is 0 Å². The van der Waals surface area contributed by atoms with E-state index in [1.165, 1.54) is 17.2 Å². The maximum atomic E-state index is 13.1. The van der Waals surface area contributed by atoms with Crippen LogP contribution in [0.15, 0.2) is 12.3 Å². The Bertz CT molecular complexity index is 615. The zero-order chi connectivity index (χ0) is 18.5. The van der Waals surface area contributed by atoms with E-state index in [-0.39, 0.29) is 5.82 Å². The van der Waals surface area contributed by atoms with Gasteiger partial charge in [0.15, 0.2) is 0 Å². The smallest absolute Gasteiger partial charge is 0.407 e. The normalized spacial score (nSPS) is 24.6. The highest BCUT2D eigenvalue weighted by Gasteiger charge is 2.26. The van der Waals surface area contributed by atoms with E-state index in [0.29, 0.717) is 36.0 Å². The first-order valence-corrected chi connectivity index (χ1v) is 9.93. The molecule has 3 rings (SSSR count). The van der Waals surface area contributed by atoms with Gasteiger partial charge in [0.2, 0.25) is 0 Å². The zero-order valence-electron chi connectivity index (χ0n) is 15.0. The van der Waals surface area contributed by atoms with E-state index in [9.17, 15) is 9.18 Å². The van der Waals surface area contributed by atoms with Crippen molar-refractivity contribution < 1.29 is 14.3 Å². The number of piperidine rings is 1. The third kappa shape index (κ3) is 5.07. The van der Waals surface area contributed by atoms with E-state index in [1.54, 1.807) is 0 Å². The van der Waals surface area contributed by atoms with Crippen LogP contribution in [0, 0.1) is 11.7 Å². The Hall–Kier alpha value is -1.40. The van der Waals surface area contributed by atoms with Gasteiger partial charge in [-0.2, -0.15) is 0 Å². The molecule has 0 spiro atoms. The van der Waals surface area contributed by atoms with Gasteiger partial charge in [-0.15, -0.1) is 0 Å². The highest BCUT2D eigenvalue weighted by molar-refractivity contribution is 6.31. The third-order valence-electron chi connectivity index (χ3n) is 5.82. The fourth-order valence-corrected chi connectivity index (χ4v) is 4.52. The summed E-state index contributed by atoms with van der Waals surface area (Å²) in [5, 5.41) is 13.0. The Balaban J connectivity index is 1.35. The molecule has 0 atom stereocenters. The second-order valence-corrected chi connectivity index (χ2v) is 7.93. The summed E-state index contributed by atoms with van der Waals surface area (Å²) in [6, 6.07) is 1.79. The number of rotatable bonds is 5. The number of aromatic nitrogens is 1. The number of carboxylic acid groups (broad SMARTS) is 1. The van der Waals surface area contributed by atoms with Gasteiger partial charge in [0.05, 0.1) is 16.9 Å². The van der Waals surface area contributed by atoms with Crippen molar-refractivity contribution in [2.45, 2.75) is 56.9 Å². The molecule has 2 N–H and O–H groups in total. The van der Waals surface area contributed by atoms with E-state index in [4.69, 9.17) is 16.7 Å². The van der Waals surface area contributed by atoms with Crippen LogP contribution in [0.4, 0.5) is 9.18 Å². The molecule has 1 saturated carbocycles. The first kappa shape index (κ1) is 19.4. The number of nitrogens with zero attached hydrogens (tertiary/aromatic N) is 2. The van der Waals surface area contributed by atoms with Crippen molar-refractivity contribution in [1.29, 1.82) is 0 Å². The van der Waals surface area contributed by atoms with E-state index in [1.807, 2.05) is 0 Å². The summed E-state index contributed by atoms with van der Waals surface area (Å²) in [7, 11) is 0. The topological polar surface area (TPSA) is 65.5 Å². The van der Waals surface area contributed by atoms with Gasteiger partial charge in [0.1, 0.15) is 5.82 Å². The molecule has 1 saturated heterocycles. The molecule has 0 aromatic carbocycles. The molecule has 26 heavy (non-hydrogen) atoms. The molecule has 2 fully saturated rings. The van der Waals surface area contributed by atoms with Gasteiger partial charge in [0, 0.05) is 25.0 Å². The Morgan fingerprint density at radius 1 is 1.27 bits per heavy atom. The van der Waals surface area contributed by atoms with E-state index < -0.39 is 6.09 Å². The summed E-state index contributed by atoms with van der Waals surface area (Å²) in [6.07, 6.45) is 7.81. The van der Waals surface area contributed by atoms with E-state index in [2.05, 4.69) is 10.3 Å². The Morgan fingerprint density at radius 3 is 2.58 bits per heavy atom. The van der Waals surface area contributed by atoms with Crippen molar-refractivity contribution in [3.8, 4) is 0 Å². The van der Waals surface area contributed by atoms with Crippen LogP contribution in [-0.2, 0) is 0 Å². The second-order valence-electron chi connectivity index (χ2n) is 7.52. The van der Waals surface area contributed by atoms with Crippen LogP contribution in [0.1, 0.15) is 56.6 Å². The third-order valence-corrected chi connectivity index (χ3v) is 6.12. The molecule has 0 radical (unpaired) electrons. The molecule has 144 valence electrons. The van der Waals surface area contributed by atoms with Gasteiger partial charge in [-0.3, -0.25) is 4.98 Å². The van der Waals surface area contributed by atoms with Gasteiger partial charge >= 0.3 is 6.09 Å². The molecule has 0 unspecified atom stereocenters. The summed E-state index contributed by atoms with van der Waals surface area (Å²) in [5.74, 6) is 0.664. The molecule has 2 aliphatic rings. The minimum atomic E-state index is -0.809. The SMILES string of the molecule is O=C(O)N1CCC(NCCC2CCC(c3ncc(F)cc3Cl)CC2)CC1. The second kappa shape index (κ2) is 9.00. The molecule has 1 aliphatic heterocycles. The van der Waals surface area contributed by atoms with Crippen LogP contribution in [-0.4, -0.2) is 46.8 Å².